The molecule has 0 spiro atoms. The summed E-state index contributed by atoms with van der Waals surface area (Å²) in [5, 5.41) is 10.5. The number of para-hydroxylation sites is 1. The molecule has 318 valence electrons. The van der Waals surface area contributed by atoms with Crippen LogP contribution in [0.15, 0.2) is 138 Å². The van der Waals surface area contributed by atoms with Gasteiger partial charge in [-0.1, -0.05) is 121 Å². The van der Waals surface area contributed by atoms with Crippen molar-refractivity contribution in [1.82, 2.24) is 4.57 Å². The van der Waals surface area contributed by atoms with Crippen LogP contribution in [0.4, 0.5) is 11.4 Å². The fourth-order valence-corrected chi connectivity index (χ4v) is 15.1. The lowest BCUT2D eigenvalue weighted by Crippen LogP contribution is -2.60. The van der Waals surface area contributed by atoms with Crippen LogP contribution in [0.2, 0.25) is 0 Å². The fourth-order valence-electron chi connectivity index (χ4n) is 12.7. The number of benzene rings is 8. The van der Waals surface area contributed by atoms with Gasteiger partial charge in [0.25, 0.3) is 0 Å². The van der Waals surface area contributed by atoms with E-state index in [1.165, 1.54) is 131 Å². The molecule has 15 rings (SSSR count). The van der Waals surface area contributed by atoms with Crippen LogP contribution in [0, 0.1) is 0 Å². The molecule has 6 heterocycles. The predicted molar refractivity (Wildman–Crippen MR) is 287 cm³/mol. The molecular formula is C60H47BN2OS2. The van der Waals surface area contributed by atoms with Crippen molar-refractivity contribution >= 4 is 136 Å². The number of furan rings is 1. The highest BCUT2D eigenvalue weighted by Gasteiger charge is 2.47. The molecule has 0 unspecified atom stereocenters. The molecule has 0 saturated carbocycles. The Labute approximate surface area is 392 Å². The molecule has 0 bridgehead atoms. The SMILES string of the molecule is CC(C)(C)c1ccc(N2B3c4cc5c(cc4-n4c6cc7c(cc6c6c8sc9ccccc9c8c(c3c64)-c3cc4c(cc32)oc2ccccc24)C(C)(C)CCC7(C)C)sc2ccccc25)cc1. The van der Waals surface area contributed by atoms with Crippen molar-refractivity contribution < 1.29 is 4.42 Å². The average molecular weight is 887 g/mol. The highest BCUT2D eigenvalue weighted by atomic mass is 32.1. The van der Waals surface area contributed by atoms with Crippen LogP contribution in [0.3, 0.4) is 0 Å². The van der Waals surface area contributed by atoms with Gasteiger partial charge in [-0.3, -0.25) is 0 Å². The molecule has 0 amide bonds. The summed E-state index contributed by atoms with van der Waals surface area (Å²) >= 11 is 3.90. The van der Waals surface area contributed by atoms with Crippen LogP contribution >= 0.6 is 22.7 Å². The first-order valence-electron chi connectivity index (χ1n) is 23.7. The van der Waals surface area contributed by atoms with Crippen LogP contribution in [0.25, 0.3) is 101 Å². The topological polar surface area (TPSA) is 21.3 Å². The molecule has 0 atom stereocenters. The molecule has 3 nitrogen and oxygen atoms in total. The number of anilines is 2. The van der Waals surface area contributed by atoms with Crippen molar-refractivity contribution in [3.05, 3.63) is 150 Å². The summed E-state index contributed by atoms with van der Waals surface area (Å²) in [6.45, 7) is 16.7. The van der Waals surface area contributed by atoms with Crippen LogP contribution in [-0.2, 0) is 16.2 Å². The number of hydrogen-bond acceptors (Lipinski definition) is 4. The zero-order chi connectivity index (χ0) is 44.3. The van der Waals surface area contributed by atoms with Crippen molar-refractivity contribution in [3.8, 4) is 16.8 Å². The first-order chi connectivity index (χ1) is 31.8. The molecule has 0 saturated heterocycles. The number of rotatable bonds is 1. The first kappa shape index (κ1) is 37.8. The number of thiophene rings is 2. The molecule has 0 fully saturated rings. The lowest BCUT2D eigenvalue weighted by Gasteiger charge is -2.42. The van der Waals surface area contributed by atoms with E-state index < -0.39 is 0 Å². The maximum absolute atomic E-state index is 6.81. The second kappa shape index (κ2) is 12.4. The summed E-state index contributed by atoms with van der Waals surface area (Å²) in [6, 6.07) is 51.5. The third kappa shape index (κ3) is 4.74. The smallest absolute Gasteiger partial charge is 0.333 e. The van der Waals surface area contributed by atoms with Gasteiger partial charge in [0.15, 0.2) is 0 Å². The van der Waals surface area contributed by atoms with E-state index in [1.54, 1.807) is 0 Å². The zero-order valence-corrected chi connectivity index (χ0v) is 39.9. The van der Waals surface area contributed by atoms with Gasteiger partial charge in [0.2, 0.25) is 0 Å². The zero-order valence-electron chi connectivity index (χ0n) is 38.3. The third-order valence-electron chi connectivity index (χ3n) is 16.2. The van der Waals surface area contributed by atoms with Gasteiger partial charge in [0, 0.05) is 90.6 Å². The first-order valence-corrected chi connectivity index (χ1v) is 25.3. The van der Waals surface area contributed by atoms with Crippen molar-refractivity contribution in [2.75, 3.05) is 4.81 Å². The Kier molecular flexibility index (Phi) is 7.08. The van der Waals surface area contributed by atoms with Crippen LogP contribution in [-0.4, -0.2) is 11.4 Å². The Balaban J connectivity index is 1.21. The minimum Gasteiger partial charge on any atom is -0.456 e. The Morgan fingerprint density at radius 2 is 1.26 bits per heavy atom. The number of hydrogen-bond donors (Lipinski definition) is 0. The van der Waals surface area contributed by atoms with E-state index >= 15 is 0 Å². The van der Waals surface area contributed by atoms with Gasteiger partial charge in [-0.25, -0.2) is 0 Å². The largest absolute Gasteiger partial charge is 0.456 e. The van der Waals surface area contributed by atoms with Crippen molar-refractivity contribution in [1.29, 1.82) is 0 Å². The van der Waals surface area contributed by atoms with E-state index in [9.17, 15) is 0 Å². The monoisotopic (exact) mass is 886 g/mol. The molecule has 1 aliphatic carbocycles. The Morgan fingerprint density at radius 1 is 0.576 bits per heavy atom. The summed E-state index contributed by atoms with van der Waals surface area (Å²) in [6.07, 6.45) is 2.35. The summed E-state index contributed by atoms with van der Waals surface area (Å²) in [4.78, 5) is 2.69. The molecule has 0 radical (unpaired) electrons. The molecule has 2 aliphatic heterocycles. The fraction of sp³-hybridized carbons (Fsp3) is 0.200. The van der Waals surface area contributed by atoms with Crippen LogP contribution in [0.1, 0.15) is 78.0 Å². The van der Waals surface area contributed by atoms with Crippen molar-refractivity contribution in [2.24, 2.45) is 0 Å². The number of fused-ring (bicyclic) bond motifs is 20. The lowest BCUT2D eigenvalue weighted by molar-refractivity contribution is 0.332. The van der Waals surface area contributed by atoms with Crippen molar-refractivity contribution in [3.63, 3.8) is 0 Å². The minimum absolute atomic E-state index is 0.0232. The quantitative estimate of drug-likeness (QED) is 0.153. The van der Waals surface area contributed by atoms with E-state index in [2.05, 4.69) is 191 Å². The summed E-state index contributed by atoms with van der Waals surface area (Å²) in [5.74, 6) is 0. The number of aromatic nitrogens is 1. The Bertz CT molecular complexity index is 4170. The Morgan fingerprint density at radius 3 is 2.02 bits per heavy atom. The molecule has 12 aromatic rings. The van der Waals surface area contributed by atoms with Gasteiger partial charge < -0.3 is 13.8 Å². The van der Waals surface area contributed by atoms with Crippen LogP contribution in [0.5, 0.6) is 0 Å². The van der Waals surface area contributed by atoms with Gasteiger partial charge in [-0.2, -0.15) is 0 Å². The standard InChI is InChI=1S/C60H47BN2OS2/c1-58(2,3)32-20-22-33(23-21-32)63-45-30-48-37(34-14-8-11-17-47(34)64-48)26-39(45)52-53-36-16-10-13-19-50(36)66-57(53)54-40-27-41-42(60(6,7)25-24-59(41,4)5)29-44(40)62-46-31-51-38(35-15-9-12-18-49(35)65-51)28-43(46)61(63)55(52)56(54)62/h8-23,26-31H,24-25H2,1-7H3. The average Bonchev–Trinajstić information content (AvgIpc) is 4.07. The summed E-state index contributed by atoms with van der Waals surface area (Å²) in [5.41, 5.74) is 18.0. The van der Waals surface area contributed by atoms with E-state index in [0.717, 1.165) is 21.9 Å². The molecule has 4 aromatic heterocycles. The van der Waals surface area contributed by atoms with Gasteiger partial charge in [-0.15, -0.1) is 22.7 Å². The molecule has 8 aromatic carbocycles. The number of nitrogens with zero attached hydrogens (tertiary/aromatic N) is 2. The predicted octanol–water partition coefficient (Wildman–Crippen LogP) is 16.3. The molecule has 6 heteroatoms. The summed E-state index contributed by atoms with van der Waals surface area (Å²) in [7, 11) is 0. The molecular weight excluding hydrogens is 840 g/mol. The van der Waals surface area contributed by atoms with E-state index in [-0.39, 0.29) is 23.1 Å². The van der Waals surface area contributed by atoms with Gasteiger partial charge in [0.1, 0.15) is 11.2 Å². The molecule has 0 N–H and O–H groups in total. The molecule has 3 aliphatic rings. The van der Waals surface area contributed by atoms with E-state index in [1.807, 2.05) is 22.7 Å². The van der Waals surface area contributed by atoms with Gasteiger partial charge in [-0.05, 0) is 117 Å². The second-order valence-corrected chi connectivity index (χ2v) is 24.0. The van der Waals surface area contributed by atoms with Crippen LogP contribution < -0.4 is 15.7 Å². The van der Waals surface area contributed by atoms with Gasteiger partial charge >= 0.3 is 6.85 Å². The maximum atomic E-state index is 6.81. The van der Waals surface area contributed by atoms with E-state index in [4.69, 9.17) is 4.42 Å². The third-order valence-corrected chi connectivity index (χ3v) is 18.5. The highest BCUT2D eigenvalue weighted by molar-refractivity contribution is 7.27. The molecule has 66 heavy (non-hydrogen) atoms. The lowest BCUT2D eigenvalue weighted by atomic mass is 9.43. The van der Waals surface area contributed by atoms with Crippen molar-refractivity contribution in [2.45, 2.75) is 77.6 Å². The van der Waals surface area contributed by atoms with E-state index in [0.29, 0.717) is 0 Å². The second-order valence-electron chi connectivity index (χ2n) is 21.9. The van der Waals surface area contributed by atoms with Gasteiger partial charge in [0.05, 0.1) is 11.0 Å². The minimum atomic E-state index is -0.127. The Hall–Kier alpha value is -6.34. The normalized spacial score (nSPS) is 16.2. The highest BCUT2D eigenvalue weighted by Crippen LogP contribution is 2.56. The maximum Gasteiger partial charge on any atom is 0.333 e. The summed E-state index contributed by atoms with van der Waals surface area (Å²) < 4.78 is 14.9.